The average molecular weight is 433 g/mol. The van der Waals surface area contributed by atoms with Gasteiger partial charge < -0.3 is 14.7 Å². The monoisotopic (exact) mass is 433 g/mol. The number of ether oxygens (including phenoxy) is 1. The second-order valence-electron chi connectivity index (χ2n) is 7.18. The lowest BCUT2D eigenvalue weighted by molar-refractivity contribution is -0.250. The van der Waals surface area contributed by atoms with Crippen molar-refractivity contribution in [2.45, 2.75) is 44.1 Å². The highest BCUT2D eigenvalue weighted by molar-refractivity contribution is 5.85. The van der Waals surface area contributed by atoms with E-state index in [0.717, 1.165) is 10.6 Å². The van der Waals surface area contributed by atoms with Gasteiger partial charge in [-0.25, -0.2) is 4.68 Å². The van der Waals surface area contributed by atoms with Crippen molar-refractivity contribution in [2.24, 2.45) is 0 Å². The molecule has 1 aliphatic heterocycles. The Morgan fingerprint density at radius 3 is 2.30 bits per heavy atom. The van der Waals surface area contributed by atoms with E-state index in [9.17, 15) is 31.9 Å². The predicted octanol–water partition coefficient (Wildman–Crippen LogP) is 3.49. The maximum Gasteiger partial charge on any atom is 0.426 e. The van der Waals surface area contributed by atoms with Gasteiger partial charge in [-0.2, -0.15) is 27.1 Å². The molecule has 6 nitrogen and oxygen atoms in total. The van der Waals surface area contributed by atoms with E-state index in [2.05, 4.69) is 9.84 Å². The summed E-state index contributed by atoms with van der Waals surface area (Å²) < 4.78 is 69.2. The first-order valence-corrected chi connectivity index (χ1v) is 9.18. The van der Waals surface area contributed by atoms with Crippen LogP contribution < -0.4 is 4.74 Å². The van der Waals surface area contributed by atoms with Crippen molar-refractivity contribution in [3.63, 3.8) is 0 Å². The van der Waals surface area contributed by atoms with Crippen LogP contribution in [-0.2, 0) is 4.79 Å². The largest absolute Gasteiger partial charge is 0.435 e. The molecule has 0 saturated carbocycles. The Morgan fingerprint density at radius 1 is 1.17 bits per heavy atom. The highest BCUT2D eigenvalue weighted by Gasteiger charge is 2.57. The van der Waals surface area contributed by atoms with Crippen LogP contribution in [0.3, 0.4) is 0 Å². The number of nitrogens with zero attached hydrogens (tertiary/aromatic N) is 3. The third kappa shape index (κ3) is 4.40. The zero-order valence-electron chi connectivity index (χ0n) is 15.9. The summed E-state index contributed by atoms with van der Waals surface area (Å²) in [6.45, 7) is -2.36. The SMILES string of the molecule is CC(O)(C(=O)N1CCC(c2ccnn2-c2ccc(OC(F)F)cc2)CC1)C(F)(F)F. The highest BCUT2D eigenvalue weighted by Crippen LogP contribution is 2.35. The van der Waals surface area contributed by atoms with E-state index >= 15 is 0 Å². The van der Waals surface area contributed by atoms with Crippen LogP contribution in [0.15, 0.2) is 36.5 Å². The van der Waals surface area contributed by atoms with Crippen molar-refractivity contribution in [2.75, 3.05) is 13.1 Å². The molecule has 1 saturated heterocycles. The van der Waals surface area contributed by atoms with Crippen molar-refractivity contribution in [3.05, 3.63) is 42.2 Å². The summed E-state index contributed by atoms with van der Waals surface area (Å²) in [5.41, 5.74) is -2.04. The number of halogens is 5. The number of rotatable bonds is 5. The van der Waals surface area contributed by atoms with Gasteiger partial charge in [0.15, 0.2) is 0 Å². The molecule has 3 rings (SSSR count). The van der Waals surface area contributed by atoms with Gasteiger partial charge in [-0.3, -0.25) is 4.79 Å². The molecule has 0 spiro atoms. The van der Waals surface area contributed by atoms with Crippen LogP contribution in [0.4, 0.5) is 22.0 Å². The molecule has 1 atom stereocenters. The van der Waals surface area contributed by atoms with Gasteiger partial charge in [-0.15, -0.1) is 0 Å². The number of aromatic nitrogens is 2. The molecular formula is C19H20F5N3O3. The van der Waals surface area contributed by atoms with E-state index in [1.165, 1.54) is 12.1 Å². The molecule has 0 bridgehead atoms. The van der Waals surface area contributed by atoms with Crippen LogP contribution >= 0.6 is 0 Å². The molecule has 1 unspecified atom stereocenters. The first kappa shape index (κ1) is 22.0. The third-order valence-corrected chi connectivity index (χ3v) is 5.15. The molecule has 2 heterocycles. The molecule has 1 aliphatic rings. The molecule has 0 radical (unpaired) electrons. The fourth-order valence-corrected chi connectivity index (χ4v) is 3.41. The van der Waals surface area contributed by atoms with Crippen molar-refractivity contribution >= 4 is 5.91 Å². The lowest BCUT2D eigenvalue weighted by Gasteiger charge is -2.36. The highest BCUT2D eigenvalue weighted by atomic mass is 19.4. The summed E-state index contributed by atoms with van der Waals surface area (Å²) in [7, 11) is 0. The number of hydrogen-bond acceptors (Lipinski definition) is 4. The van der Waals surface area contributed by atoms with E-state index in [1.54, 1.807) is 29.1 Å². The summed E-state index contributed by atoms with van der Waals surface area (Å²) in [6, 6.07) is 7.65. The minimum atomic E-state index is -5.06. The van der Waals surface area contributed by atoms with Crippen LogP contribution in [0.1, 0.15) is 31.4 Å². The number of alkyl halides is 5. The second kappa shape index (κ2) is 8.21. The number of piperidine rings is 1. The summed E-state index contributed by atoms with van der Waals surface area (Å²) in [5.74, 6) is -1.44. The summed E-state index contributed by atoms with van der Waals surface area (Å²) >= 11 is 0. The van der Waals surface area contributed by atoms with E-state index in [0.29, 0.717) is 25.5 Å². The van der Waals surface area contributed by atoms with E-state index in [4.69, 9.17) is 0 Å². The lowest BCUT2D eigenvalue weighted by atomic mass is 9.92. The van der Waals surface area contributed by atoms with E-state index in [1.807, 2.05) is 0 Å². The quantitative estimate of drug-likeness (QED) is 0.734. The van der Waals surface area contributed by atoms with Crippen LogP contribution in [-0.4, -0.2) is 57.2 Å². The van der Waals surface area contributed by atoms with Crippen molar-refractivity contribution in [3.8, 4) is 11.4 Å². The van der Waals surface area contributed by atoms with Gasteiger partial charge in [0.1, 0.15) is 5.75 Å². The predicted molar refractivity (Wildman–Crippen MR) is 95.4 cm³/mol. The average Bonchev–Trinajstić information content (AvgIpc) is 3.16. The standard InChI is InChI=1S/C19H20F5N3O3/c1-18(29,19(22,23)24)16(28)26-10-7-12(8-11-26)15-6-9-25-27(15)13-2-4-14(5-3-13)30-17(20)21/h2-6,9,12,17,29H,7-8,10-11H2,1H3. The Morgan fingerprint density at radius 2 is 1.77 bits per heavy atom. The number of likely N-dealkylation sites (tertiary alicyclic amines) is 1. The molecule has 1 N–H and O–H groups in total. The van der Waals surface area contributed by atoms with Crippen LogP contribution in [0.5, 0.6) is 5.75 Å². The van der Waals surface area contributed by atoms with E-state index < -0.39 is 24.3 Å². The first-order valence-electron chi connectivity index (χ1n) is 9.18. The Balaban J connectivity index is 1.69. The van der Waals surface area contributed by atoms with Gasteiger partial charge in [0.2, 0.25) is 5.60 Å². The molecule has 0 aliphatic carbocycles. The van der Waals surface area contributed by atoms with Crippen LogP contribution in [0.25, 0.3) is 5.69 Å². The number of carbonyl (C=O) groups is 1. The summed E-state index contributed by atoms with van der Waals surface area (Å²) in [4.78, 5) is 13.1. The van der Waals surface area contributed by atoms with Crippen molar-refractivity contribution in [1.82, 2.24) is 14.7 Å². The van der Waals surface area contributed by atoms with Gasteiger partial charge >= 0.3 is 12.8 Å². The second-order valence-corrected chi connectivity index (χ2v) is 7.18. The molecule has 1 fully saturated rings. The van der Waals surface area contributed by atoms with Crippen LogP contribution in [0, 0.1) is 0 Å². The summed E-state index contributed by atoms with van der Waals surface area (Å²) in [5, 5.41) is 13.8. The number of carbonyl (C=O) groups excluding carboxylic acids is 1. The maximum absolute atomic E-state index is 12.9. The lowest BCUT2D eigenvalue weighted by Crippen LogP contribution is -2.57. The molecule has 1 amide bonds. The number of hydrogen-bond donors (Lipinski definition) is 1. The number of amides is 1. The fraction of sp³-hybridized carbons (Fsp3) is 0.474. The zero-order valence-corrected chi connectivity index (χ0v) is 15.9. The molecular weight excluding hydrogens is 413 g/mol. The number of benzene rings is 1. The molecule has 164 valence electrons. The minimum Gasteiger partial charge on any atom is -0.435 e. The normalized spacial score (nSPS) is 17.8. The van der Waals surface area contributed by atoms with Gasteiger partial charge in [0.25, 0.3) is 5.91 Å². The molecule has 1 aromatic heterocycles. The maximum atomic E-state index is 12.9. The Kier molecular flexibility index (Phi) is 6.02. The van der Waals surface area contributed by atoms with Gasteiger partial charge in [0, 0.05) is 30.9 Å². The van der Waals surface area contributed by atoms with Gasteiger partial charge in [-0.1, -0.05) is 0 Å². The topological polar surface area (TPSA) is 67.6 Å². The van der Waals surface area contributed by atoms with Gasteiger partial charge in [0.05, 0.1) is 5.69 Å². The van der Waals surface area contributed by atoms with E-state index in [-0.39, 0.29) is 24.8 Å². The fourth-order valence-electron chi connectivity index (χ4n) is 3.41. The van der Waals surface area contributed by atoms with Crippen LogP contribution in [0.2, 0.25) is 0 Å². The molecule has 30 heavy (non-hydrogen) atoms. The first-order chi connectivity index (χ1) is 14.0. The Bertz CT molecular complexity index is 872. The molecule has 1 aromatic carbocycles. The Labute approximate surface area is 168 Å². The number of aliphatic hydroxyl groups is 1. The zero-order chi connectivity index (χ0) is 22.1. The molecule has 2 aromatic rings. The third-order valence-electron chi connectivity index (χ3n) is 5.15. The molecule has 11 heteroatoms. The summed E-state index contributed by atoms with van der Waals surface area (Å²) in [6.07, 6.45) is -2.72. The van der Waals surface area contributed by atoms with Gasteiger partial charge in [-0.05, 0) is 50.1 Å². The smallest absolute Gasteiger partial charge is 0.426 e. The minimum absolute atomic E-state index is 0.00555. The van der Waals surface area contributed by atoms with Crippen molar-refractivity contribution < 1.29 is 36.6 Å². The Hall–Kier alpha value is -2.69. The van der Waals surface area contributed by atoms with Crippen molar-refractivity contribution in [1.29, 1.82) is 0 Å².